The molecule has 0 aliphatic heterocycles. The molecular formula is C22H18FN3O2S2. The number of aryl methyl sites for hydroxylation is 1. The molecule has 2 aromatic heterocycles. The number of halogens is 1. The van der Waals surface area contributed by atoms with Crippen LogP contribution >= 0.6 is 23.1 Å². The van der Waals surface area contributed by atoms with Gasteiger partial charge in [-0.3, -0.25) is 4.79 Å². The van der Waals surface area contributed by atoms with Crippen LogP contribution in [0.3, 0.4) is 0 Å². The Labute approximate surface area is 181 Å². The number of methoxy groups -OCH3 is 1. The van der Waals surface area contributed by atoms with E-state index in [1.165, 1.54) is 36.3 Å². The minimum absolute atomic E-state index is 0.162. The molecule has 4 aromatic rings. The van der Waals surface area contributed by atoms with E-state index in [1.807, 2.05) is 31.2 Å². The van der Waals surface area contributed by atoms with E-state index in [0.717, 1.165) is 15.2 Å². The molecule has 0 atom stereocenters. The zero-order chi connectivity index (χ0) is 21.1. The average molecular weight is 440 g/mol. The van der Waals surface area contributed by atoms with Gasteiger partial charge in [0.2, 0.25) is 0 Å². The Balaban J connectivity index is 1.60. The smallest absolute Gasteiger partial charge is 0.266 e. The second-order valence-corrected chi connectivity index (χ2v) is 8.61. The predicted octanol–water partition coefficient (Wildman–Crippen LogP) is 5.69. The average Bonchev–Trinajstić information content (AvgIpc) is 3.11. The number of aromatic nitrogens is 2. The molecule has 0 saturated carbocycles. The van der Waals surface area contributed by atoms with Gasteiger partial charge in [-0.25, -0.2) is 14.4 Å². The Morgan fingerprint density at radius 2 is 2.00 bits per heavy atom. The summed E-state index contributed by atoms with van der Waals surface area (Å²) in [4.78, 5) is 22.9. The lowest BCUT2D eigenvalue weighted by molar-refractivity contribution is 0.102. The number of rotatable bonds is 6. The molecule has 4 rings (SSSR count). The Hall–Kier alpha value is -2.81. The third kappa shape index (κ3) is 4.21. The summed E-state index contributed by atoms with van der Waals surface area (Å²) >= 11 is 2.71. The van der Waals surface area contributed by atoms with Crippen molar-refractivity contribution < 1.29 is 13.9 Å². The van der Waals surface area contributed by atoms with E-state index in [4.69, 9.17) is 4.74 Å². The number of nitrogens with zero attached hydrogens (tertiary/aromatic N) is 2. The third-order valence-electron chi connectivity index (χ3n) is 4.46. The molecule has 8 heteroatoms. The summed E-state index contributed by atoms with van der Waals surface area (Å²) < 4.78 is 20.3. The lowest BCUT2D eigenvalue weighted by Gasteiger charge is -2.10. The van der Waals surface area contributed by atoms with Crippen LogP contribution in [0, 0.1) is 12.7 Å². The van der Waals surface area contributed by atoms with Crippen molar-refractivity contribution in [3.63, 3.8) is 0 Å². The highest BCUT2D eigenvalue weighted by molar-refractivity contribution is 7.99. The van der Waals surface area contributed by atoms with Crippen molar-refractivity contribution in [3.8, 4) is 0 Å². The number of carbonyl (C=O) groups is 1. The maximum Gasteiger partial charge on any atom is 0.266 e. The zero-order valence-electron chi connectivity index (χ0n) is 16.3. The summed E-state index contributed by atoms with van der Waals surface area (Å²) in [6.07, 6.45) is 3.39. The fourth-order valence-corrected chi connectivity index (χ4v) is 5.02. The predicted molar refractivity (Wildman–Crippen MR) is 118 cm³/mol. The molecule has 0 unspecified atom stereocenters. The second kappa shape index (κ2) is 8.91. The zero-order valence-corrected chi connectivity index (χ0v) is 17.9. The van der Waals surface area contributed by atoms with Crippen LogP contribution in [0.1, 0.15) is 20.8 Å². The van der Waals surface area contributed by atoms with Crippen molar-refractivity contribution in [3.05, 3.63) is 76.7 Å². The fraction of sp³-hybridized carbons (Fsp3) is 0.136. The van der Waals surface area contributed by atoms with E-state index in [0.29, 0.717) is 26.7 Å². The van der Waals surface area contributed by atoms with Crippen LogP contribution in [0.25, 0.3) is 10.1 Å². The van der Waals surface area contributed by atoms with E-state index in [9.17, 15) is 9.18 Å². The topological polar surface area (TPSA) is 64.1 Å². The molecule has 0 aliphatic rings. The molecule has 2 heterocycles. The lowest BCUT2D eigenvalue weighted by Crippen LogP contribution is -2.13. The lowest BCUT2D eigenvalue weighted by atomic mass is 10.1. The number of ether oxygens (including phenoxy) is 1. The van der Waals surface area contributed by atoms with Gasteiger partial charge in [-0.15, -0.1) is 11.3 Å². The molecule has 1 N–H and O–H groups in total. The van der Waals surface area contributed by atoms with E-state index >= 15 is 0 Å². The molecule has 5 nitrogen and oxygen atoms in total. The van der Waals surface area contributed by atoms with Gasteiger partial charge in [0.05, 0.1) is 11.5 Å². The van der Waals surface area contributed by atoms with Crippen LogP contribution in [0.4, 0.5) is 10.1 Å². The standard InChI is InChI=1S/C22H18FN3O2S2/c1-13-11-14(29-22-24-9-4-10-25-22)7-8-17(13)26-21(27)20-15(12-28-2)19-16(23)5-3-6-18(19)30-20/h3-11H,12H2,1-2H3,(H,26,27). The molecule has 0 fully saturated rings. The van der Waals surface area contributed by atoms with Crippen molar-refractivity contribution in [2.45, 2.75) is 23.6 Å². The molecule has 0 aliphatic carbocycles. The highest BCUT2D eigenvalue weighted by atomic mass is 32.2. The number of carbonyl (C=O) groups excluding carboxylic acids is 1. The number of anilines is 1. The van der Waals surface area contributed by atoms with Gasteiger partial charge in [0, 0.05) is 45.7 Å². The van der Waals surface area contributed by atoms with Crippen LogP contribution in [-0.2, 0) is 11.3 Å². The molecule has 152 valence electrons. The molecule has 0 spiro atoms. The Morgan fingerprint density at radius 3 is 2.73 bits per heavy atom. The van der Waals surface area contributed by atoms with Crippen LogP contribution in [0.15, 0.2) is 64.9 Å². The largest absolute Gasteiger partial charge is 0.380 e. The van der Waals surface area contributed by atoms with E-state index < -0.39 is 0 Å². The van der Waals surface area contributed by atoms with E-state index in [1.54, 1.807) is 24.5 Å². The number of benzene rings is 2. The van der Waals surface area contributed by atoms with Crippen molar-refractivity contribution in [1.82, 2.24) is 9.97 Å². The van der Waals surface area contributed by atoms with Gasteiger partial charge < -0.3 is 10.1 Å². The van der Waals surface area contributed by atoms with Gasteiger partial charge >= 0.3 is 0 Å². The summed E-state index contributed by atoms with van der Waals surface area (Å²) in [6, 6.07) is 12.3. The molecule has 0 radical (unpaired) electrons. The Morgan fingerprint density at radius 1 is 1.20 bits per heavy atom. The summed E-state index contributed by atoms with van der Waals surface area (Å²) in [7, 11) is 1.53. The highest BCUT2D eigenvalue weighted by Gasteiger charge is 2.21. The monoisotopic (exact) mass is 439 g/mol. The normalized spacial score (nSPS) is 11.0. The molecule has 30 heavy (non-hydrogen) atoms. The second-order valence-electron chi connectivity index (χ2n) is 6.52. The summed E-state index contributed by atoms with van der Waals surface area (Å²) in [6.45, 7) is 2.08. The Bertz CT molecular complexity index is 1210. The fourth-order valence-electron chi connectivity index (χ4n) is 3.10. The van der Waals surface area contributed by atoms with Gasteiger partial charge in [0.15, 0.2) is 5.16 Å². The highest BCUT2D eigenvalue weighted by Crippen LogP contribution is 2.35. The maximum absolute atomic E-state index is 14.4. The maximum atomic E-state index is 14.4. The molecular weight excluding hydrogens is 421 g/mol. The molecule has 0 saturated heterocycles. The van der Waals surface area contributed by atoms with Crippen molar-refractivity contribution in [2.24, 2.45) is 0 Å². The number of thiophene rings is 1. The number of nitrogens with one attached hydrogen (secondary N) is 1. The van der Waals surface area contributed by atoms with Crippen LogP contribution in [0.5, 0.6) is 0 Å². The Kier molecular flexibility index (Phi) is 6.08. The summed E-state index contributed by atoms with van der Waals surface area (Å²) in [5.74, 6) is -0.631. The van der Waals surface area contributed by atoms with Gasteiger partial charge in [-0.2, -0.15) is 0 Å². The van der Waals surface area contributed by atoms with Crippen molar-refractivity contribution in [2.75, 3.05) is 12.4 Å². The van der Waals surface area contributed by atoms with Crippen LogP contribution in [0.2, 0.25) is 0 Å². The number of hydrogen-bond acceptors (Lipinski definition) is 6. The van der Waals surface area contributed by atoms with Gasteiger partial charge in [-0.05, 0) is 60.6 Å². The van der Waals surface area contributed by atoms with Gasteiger partial charge in [0.1, 0.15) is 5.82 Å². The van der Waals surface area contributed by atoms with Gasteiger partial charge in [-0.1, -0.05) is 6.07 Å². The number of fused-ring (bicyclic) bond motifs is 1. The van der Waals surface area contributed by atoms with E-state index in [2.05, 4.69) is 15.3 Å². The summed E-state index contributed by atoms with van der Waals surface area (Å²) in [5.41, 5.74) is 2.17. The molecule has 0 bridgehead atoms. The quantitative estimate of drug-likeness (QED) is 0.391. The van der Waals surface area contributed by atoms with Crippen molar-refractivity contribution >= 4 is 44.8 Å². The SMILES string of the molecule is COCc1c(C(=O)Nc2ccc(Sc3ncccn3)cc2C)sc2cccc(F)c12. The summed E-state index contributed by atoms with van der Waals surface area (Å²) in [5, 5.41) is 4.05. The number of hydrogen-bond donors (Lipinski definition) is 1. The van der Waals surface area contributed by atoms with Crippen LogP contribution < -0.4 is 5.32 Å². The first-order valence-electron chi connectivity index (χ1n) is 9.12. The molecule has 2 aromatic carbocycles. The van der Waals surface area contributed by atoms with Gasteiger partial charge in [0.25, 0.3) is 5.91 Å². The first-order chi connectivity index (χ1) is 14.6. The minimum Gasteiger partial charge on any atom is -0.380 e. The van der Waals surface area contributed by atoms with Crippen LogP contribution in [-0.4, -0.2) is 23.0 Å². The van der Waals surface area contributed by atoms with Crippen molar-refractivity contribution in [1.29, 1.82) is 0 Å². The first-order valence-corrected chi connectivity index (χ1v) is 10.8. The molecule has 1 amide bonds. The minimum atomic E-state index is -0.351. The first kappa shape index (κ1) is 20.5. The number of amides is 1. The van der Waals surface area contributed by atoms with E-state index in [-0.39, 0.29) is 18.3 Å². The third-order valence-corrected chi connectivity index (χ3v) is 6.53.